The summed E-state index contributed by atoms with van der Waals surface area (Å²) in [4.78, 5) is 23.9. The molecule has 25 heavy (non-hydrogen) atoms. The van der Waals surface area contributed by atoms with Gasteiger partial charge in [-0.1, -0.05) is 19.9 Å². The van der Waals surface area contributed by atoms with Gasteiger partial charge in [0.05, 0.1) is 6.10 Å². The van der Waals surface area contributed by atoms with Gasteiger partial charge in [-0.05, 0) is 32.3 Å². The summed E-state index contributed by atoms with van der Waals surface area (Å²) in [6, 6.07) is 5.39. The van der Waals surface area contributed by atoms with Gasteiger partial charge >= 0.3 is 6.03 Å². The van der Waals surface area contributed by atoms with E-state index in [4.69, 9.17) is 4.74 Å². The Bertz CT molecular complexity index is 683. The molecule has 2 heterocycles. The molecule has 2 amide bonds. The van der Waals surface area contributed by atoms with E-state index in [1.807, 2.05) is 13.0 Å². The maximum absolute atomic E-state index is 12.1. The van der Waals surface area contributed by atoms with Gasteiger partial charge in [-0.25, -0.2) is 4.79 Å². The Balaban J connectivity index is 1.37. The number of unbranched alkanes of at least 4 members (excludes halogenated alkanes) is 1. The minimum absolute atomic E-state index is 0.00447. The van der Waals surface area contributed by atoms with Crippen LogP contribution in [0, 0.1) is 18.3 Å². The Morgan fingerprint density at radius 2 is 2.16 bits per heavy atom. The molecular formula is C19H29N3O3. The van der Waals surface area contributed by atoms with E-state index < -0.39 is 0 Å². The summed E-state index contributed by atoms with van der Waals surface area (Å²) < 4.78 is 7.53. The van der Waals surface area contributed by atoms with Gasteiger partial charge in [-0.2, -0.15) is 0 Å². The number of amides is 2. The number of hydrogen-bond donors (Lipinski definition) is 2. The second kappa shape index (κ2) is 7.20. The summed E-state index contributed by atoms with van der Waals surface area (Å²) in [5.41, 5.74) is 1.01. The number of aryl methyl sites for hydroxylation is 1. The maximum Gasteiger partial charge on any atom is 0.315 e. The van der Waals surface area contributed by atoms with Crippen molar-refractivity contribution in [3.8, 4) is 0 Å². The van der Waals surface area contributed by atoms with Crippen molar-refractivity contribution in [2.75, 3.05) is 13.2 Å². The predicted molar refractivity (Wildman–Crippen MR) is 96.6 cm³/mol. The zero-order chi connectivity index (χ0) is 18.0. The first-order valence-corrected chi connectivity index (χ1v) is 9.23. The van der Waals surface area contributed by atoms with E-state index in [2.05, 4.69) is 24.5 Å². The SMILES string of the molecule is Cc1cccc(=O)n1CCCCNC(=O)N[C@@H]1[C@@H]2CCO[C@H]2C1(C)C. The molecule has 0 bridgehead atoms. The molecule has 138 valence electrons. The van der Waals surface area contributed by atoms with E-state index in [0.717, 1.165) is 31.6 Å². The molecule has 0 aromatic carbocycles. The second-order valence-electron chi connectivity index (χ2n) is 7.81. The number of aromatic nitrogens is 1. The van der Waals surface area contributed by atoms with Crippen molar-refractivity contribution < 1.29 is 9.53 Å². The lowest BCUT2D eigenvalue weighted by Gasteiger charge is -2.54. The molecule has 1 aliphatic heterocycles. The van der Waals surface area contributed by atoms with Crippen LogP contribution in [0.4, 0.5) is 4.79 Å². The topological polar surface area (TPSA) is 72.4 Å². The Kier molecular flexibility index (Phi) is 5.18. The summed E-state index contributed by atoms with van der Waals surface area (Å²) in [6.45, 7) is 8.36. The maximum atomic E-state index is 12.1. The molecule has 0 unspecified atom stereocenters. The zero-order valence-corrected chi connectivity index (χ0v) is 15.4. The van der Waals surface area contributed by atoms with Crippen molar-refractivity contribution in [2.45, 2.75) is 58.7 Å². The Morgan fingerprint density at radius 1 is 1.36 bits per heavy atom. The van der Waals surface area contributed by atoms with Crippen LogP contribution >= 0.6 is 0 Å². The highest BCUT2D eigenvalue weighted by Gasteiger charge is 2.59. The summed E-state index contributed by atoms with van der Waals surface area (Å²) in [7, 11) is 0. The number of ether oxygens (including phenoxy) is 1. The summed E-state index contributed by atoms with van der Waals surface area (Å²) >= 11 is 0. The first kappa shape index (κ1) is 18.0. The van der Waals surface area contributed by atoms with Crippen LogP contribution in [0.2, 0.25) is 0 Å². The molecule has 2 fully saturated rings. The van der Waals surface area contributed by atoms with Gasteiger partial charge in [-0.15, -0.1) is 0 Å². The van der Waals surface area contributed by atoms with Crippen LogP contribution in [-0.2, 0) is 11.3 Å². The van der Waals surface area contributed by atoms with Crippen molar-refractivity contribution in [2.24, 2.45) is 11.3 Å². The van der Waals surface area contributed by atoms with Crippen LogP contribution in [0.3, 0.4) is 0 Å². The molecule has 1 aromatic heterocycles. The molecular weight excluding hydrogens is 318 g/mol. The molecule has 3 atom stereocenters. The average molecular weight is 347 g/mol. The molecule has 1 aliphatic carbocycles. The summed E-state index contributed by atoms with van der Waals surface area (Å²) in [6.07, 6.45) is 3.02. The molecule has 0 spiro atoms. The number of hydrogen-bond acceptors (Lipinski definition) is 3. The fourth-order valence-electron chi connectivity index (χ4n) is 4.32. The zero-order valence-electron chi connectivity index (χ0n) is 15.4. The lowest BCUT2D eigenvalue weighted by molar-refractivity contribution is -0.108. The molecule has 1 saturated heterocycles. The van der Waals surface area contributed by atoms with Crippen molar-refractivity contribution in [3.05, 3.63) is 34.2 Å². The second-order valence-corrected chi connectivity index (χ2v) is 7.81. The quantitative estimate of drug-likeness (QED) is 0.774. The van der Waals surface area contributed by atoms with E-state index in [0.29, 0.717) is 19.0 Å². The number of carbonyl (C=O) groups excluding carboxylic acids is 1. The molecule has 2 aliphatic rings. The number of nitrogens with zero attached hydrogens (tertiary/aromatic N) is 1. The molecule has 6 heteroatoms. The number of rotatable bonds is 6. The third-order valence-electron chi connectivity index (χ3n) is 5.75. The number of fused-ring (bicyclic) bond motifs is 1. The highest BCUT2D eigenvalue weighted by Crippen LogP contribution is 2.51. The van der Waals surface area contributed by atoms with Gasteiger partial charge in [0, 0.05) is 48.8 Å². The minimum Gasteiger partial charge on any atom is -0.377 e. The lowest BCUT2D eigenvalue weighted by atomic mass is 9.57. The normalized spacial score (nSPS) is 26.6. The number of carbonyl (C=O) groups is 1. The fourth-order valence-corrected chi connectivity index (χ4v) is 4.32. The van der Waals surface area contributed by atoms with Crippen molar-refractivity contribution in [1.29, 1.82) is 0 Å². The van der Waals surface area contributed by atoms with Gasteiger partial charge in [0.15, 0.2) is 0 Å². The van der Waals surface area contributed by atoms with Crippen LogP contribution in [0.5, 0.6) is 0 Å². The number of pyridine rings is 1. The van der Waals surface area contributed by atoms with E-state index >= 15 is 0 Å². The lowest BCUT2D eigenvalue weighted by Crippen LogP contribution is -2.67. The van der Waals surface area contributed by atoms with Crippen molar-refractivity contribution in [1.82, 2.24) is 15.2 Å². The van der Waals surface area contributed by atoms with Gasteiger partial charge < -0.3 is 19.9 Å². The van der Waals surface area contributed by atoms with Crippen LogP contribution in [0.25, 0.3) is 0 Å². The van der Waals surface area contributed by atoms with Crippen LogP contribution < -0.4 is 16.2 Å². The van der Waals surface area contributed by atoms with Crippen LogP contribution in [0.1, 0.15) is 38.8 Å². The Morgan fingerprint density at radius 3 is 2.92 bits per heavy atom. The standard InChI is InChI=1S/C19H29N3O3/c1-13-7-6-8-15(23)22(13)11-5-4-10-20-18(24)21-16-14-9-12-25-17(14)19(16,2)3/h6-8,14,16-17H,4-5,9-12H2,1-3H3,(H2,20,21,24)/t14-,16+,17+/m0/s1. The Labute approximate surface area is 148 Å². The van der Waals surface area contributed by atoms with Gasteiger partial charge in [0.2, 0.25) is 0 Å². The molecule has 1 saturated carbocycles. The van der Waals surface area contributed by atoms with Gasteiger partial charge in [-0.3, -0.25) is 4.79 Å². The van der Waals surface area contributed by atoms with Crippen LogP contribution in [-0.4, -0.2) is 35.9 Å². The van der Waals surface area contributed by atoms with E-state index in [-0.39, 0.29) is 29.2 Å². The first-order valence-electron chi connectivity index (χ1n) is 9.23. The highest BCUT2D eigenvalue weighted by atomic mass is 16.5. The predicted octanol–water partition coefficient (Wildman–Crippen LogP) is 2.05. The molecule has 0 radical (unpaired) electrons. The molecule has 2 N–H and O–H groups in total. The summed E-state index contributed by atoms with van der Waals surface area (Å²) in [5, 5.41) is 6.06. The van der Waals surface area contributed by atoms with Crippen LogP contribution in [0.15, 0.2) is 23.0 Å². The largest absolute Gasteiger partial charge is 0.377 e. The van der Waals surface area contributed by atoms with E-state index in [1.165, 1.54) is 0 Å². The van der Waals surface area contributed by atoms with Crippen molar-refractivity contribution in [3.63, 3.8) is 0 Å². The third-order valence-corrected chi connectivity index (χ3v) is 5.75. The molecule has 1 aromatic rings. The highest BCUT2D eigenvalue weighted by molar-refractivity contribution is 5.74. The van der Waals surface area contributed by atoms with E-state index in [9.17, 15) is 9.59 Å². The molecule has 6 nitrogen and oxygen atoms in total. The molecule has 3 rings (SSSR count). The smallest absolute Gasteiger partial charge is 0.315 e. The monoisotopic (exact) mass is 347 g/mol. The van der Waals surface area contributed by atoms with Crippen molar-refractivity contribution >= 4 is 6.03 Å². The third kappa shape index (κ3) is 3.59. The Hall–Kier alpha value is -1.82. The minimum atomic E-state index is -0.100. The fraction of sp³-hybridized carbons (Fsp3) is 0.684. The number of nitrogens with one attached hydrogen (secondary N) is 2. The average Bonchev–Trinajstić information content (AvgIpc) is 3.02. The van der Waals surface area contributed by atoms with Gasteiger partial charge in [0.1, 0.15) is 0 Å². The number of urea groups is 1. The first-order chi connectivity index (χ1) is 11.9. The summed E-state index contributed by atoms with van der Waals surface area (Å²) in [5.74, 6) is 0.452. The van der Waals surface area contributed by atoms with E-state index in [1.54, 1.807) is 16.7 Å². The van der Waals surface area contributed by atoms with Gasteiger partial charge in [0.25, 0.3) is 5.56 Å².